The van der Waals surface area contributed by atoms with E-state index >= 15 is 0 Å². The molecule has 1 unspecified atom stereocenters. The molecule has 1 aliphatic rings. The Labute approximate surface area is 101 Å². The predicted molar refractivity (Wildman–Crippen MR) is 67.4 cm³/mol. The minimum Gasteiger partial charge on any atom is -0.329 e. The van der Waals surface area contributed by atoms with Crippen molar-refractivity contribution in [2.24, 2.45) is 16.8 Å². The van der Waals surface area contributed by atoms with E-state index in [0.717, 1.165) is 11.3 Å². The first kappa shape index (κ1) is 11.8. The van der Waals surface area contributed by atoms with Crippen LogP contribution >= 0.6 is 0 Å². The van der Waals surface area contributed by atoms with Crippen molar-refractivity contribution in [2.75, 3.05) is 6.54 Å². The van der Waals surface area contributed by atoms with E-state index < -0.39 is 0 Å². The molecule has 0 aromatic heterocycles. The average molecular weight is 231 g/mol. The second kappa shape index (κ2) is 4.67. The fourth-order valence-electron chi connectivity index (χ4n) is 1.92. The van der Waals surface area contributed by atoms with Crippen LogP contribution in [-0.2, 0) is 11.3 Å². The van der Waals surface area contributed by atoms with E-state index in [0.29, 0.717) is 13.1 Å². The van der Waals surface area contributed by atoms with Crippen molar-refractivity contribution < 1.29 is 4.79 Å². The highest BCUT2D eigenvalue weighted by molar-refractivity contribution is 6.07. The number of benzene rings is 1. The van der Waals surface area contributed by atoms with E-state index in [1.165, 1.54) is 10.6 Å². The topological polar surface area (TPSA) is 58.7 Å². The van der Waals surface area contributed by atoms with Gasteiger partial charge in [0.15, 0.2) is 0 Å². The molecule has 2 N–H and O–H groups in total. The summed E-state index contributed by atoms with van der Waals surface area (Å²) in [5.41, 5.74) is 8.66. The minimum absolute atomic E-state index is 0.00516. The van der Waals surface area contributed by atoms with E-state index in [4.69, 9.17) is 5.73 Å². The molecule has 1 aliphatic heterocycles. The summed E-state index contributed by atoms with van der Waals surface area (Å²) in [6, 6.07) is 8.10. The van der Waals surface area contributed by atoms with Crippen LogP contribution in [0.2, 0.25) is 0 Å². The lowest BCUT2D eigenvalue weighted by molar-refractivity contribution is -0.132. The summed E-state index contributed by atoms with van der Waals surface area (Å²) in [6.07, 6.45) is 0. The Morgan fingerprint density at radius 2 is 1.94 bits per heavy atom. The third kappa shape index (κ3) is 2.36. The van der Waals surface area contributed by atoms with Gasteiger partial charge in [-0.15, -0.1) is 0 Å². The zero-order valence-corrected chi connectivity index (χ0v) is 10.2. The first-order chi connectivity index (χ1) is 8.11. The van der Waals surface area contributed by atoms with Crippen LogP contribution in [0.4, 0.5) is 0 Å². The van der Waals surface area contributed by atoms with Crippen molar-refractivity contribution in [2.45, 2.75) is 20.4 Å². The van der Waals surface area contributed by atoms with Crippen molar-refractivity contribution in [3.8, 4) is 0 Å². The van der Waals surface area contributed by atoms with Gasteiger partial charge in [-0.1, -0.05) is 29.8 Å². The zero-order valence-electron chi connectivity index (χ0n) is 10.2. The van der Waals surface area contributed by atoms with Crippen LogP contribution in [0.15, 0.2) is 29.4 Å². The standard InChI is InChI=1S/C13H17N3O/c1-9-3-5-11(6-4-9)8-16-13(17)12(7-14)10(2)15-16/h3-6,12H,7-8,14H2,1-2H3. The quantitative estimate of drug-likeness (QED) is 0.852. The Morgan fingerprint density at radius 3 is 2.47 bits per heavy atom. The first-order valence-electron chi connectivity index (χ1n) is 5.74. The number of rotatable bonds is 3. The molecule has 0 spiro atoms. The third-order valence-electron chi connectivity index (χ3n) is 3.02. The van der Waals surface area contributed by atoms with Crippen molar-refractivity contribution >= 4 is 11.6 Å². The summed E-state index contributed by atoms with van der Waals surface area (Å²) >= 11 is 0. The molecule has 0 radical (unpaired) electrons. The summed E-state index contributed by atoms with van der Waals surface area (Å²) in [5, 5.41) is 5.77. The van der Waals surface area contributed by atoms with Crippen molar-refractivity contribution in [1.29, 1.82) is 0 Å². The van der Waals surface area contributed by atoms with Gasteiger partial charge in [-0.3, -0.25) is 4.79 Å². The molecule has 0 aliphatic carbocycles. The van der Waals surface area contributed by atoms with Crippen molar-refractivity contribution in [3.63, 3.8) is 0 Å². The van der Waals surface area contributed by atoms with Crippen LogP contribution in [-0.4, -0.2) is 23.2 Å². The number of hydrazone groups is 1. The van der Waals surface area contributed by atoms with Gasteiger partial charge < -0.3 is 5.73 Å². The molecule has 1 amide bonds. The Bertz CT molecular complexity index is 450. The number of nitrogens with two attached hydrogens (primary N) is 1. The summed E-state index contributed by atoms with van der Waals surface area (Å²) in [7, 11) is 0. The molecule has 4 nitrogen and oxygen atoms in total. The van der Waals surface area contributed by atoms with Crippen LogP contribution in [0, 0.1) is 12.8 Å². The summed E-state index contributed by atoms with van der Waals surface area (Å²) in [4.78, 5) is 11.9. The highest BCUT2D eigenvalue weighted by Gasteiger charge is 2.31. The molecule has 90 valence electrons. The number of hydrogen-bond acceptors (Lipinski definition) is 3. The largest absolute Gasteiger partial charge is 0.329 e. The van der Waals surface area contributed by atoms with Gasteiger partial charge in [0.05, 0.1) is 12.5 Å². The van der Waals surface area contributed by atoms with E-state index in [1.54, 1.807) is 0 Å². The maximum Gasteiger partial charge on any atom is 0.253 e. The van der Waals surface area contributed by atoms with Gasteiger partial charge in [0.1, 0.15) is 0 Å². The molecule has 1 aromatic carbocycles. The fourth-order valence-corrected chi connectivity index (χ4v) is 1.92. The Hall–Kier alpha value is -1.68. The lowest BCUT2D eigenvalue weighted by Gasteiger charge is -2.13. The Balaban J connectivity index is 2.10. The summed E-state index contributed by atoms with van der Waals surface area (Å²) < 4.78 is 0. The van der Waals surface area contributed by atoms with Gasteiger partial charge in [0, 0.05) is 12.3 Å². The maximum atomic E-state index is 11.9. The average Bonchev–Trinajstić information content (AvgIpc) is 2.57. The number of hydrogen-bond donors (Lipinski definition) is 1. The zero-order chi connectivity index (χ0) is 12.4. The highest BCUT2D eigenvalue weighted by Crippen LogP contribution is 2.17. The molecule has 1 atom stereocenters. The van der Waals surface area contributed by atoms with E-state index in [9.17, 15) is 4.79 Å². The predicted octanol–water partition coefficient (Wildman–Crippen LogP) is 1.29. The molecular formula is C13H17N3O. The number of carbonyl (C=O) groups is 1. The summed E-state index contributed by atoms with van der Waals surface area (Å²) in [6.45, 7) is 4.74. The van der Waals surface area contributed by atoms with Crippen LogP contribution in [0.3, 0.4) is 0 Å². The SMILES string of the molecule is CC1=NN(Cc2ccc(C)cc2)C(=O)C1CN. The molecule has 1 aromatic rings. The molecule has 17 heavy (non-hydrogen) atoms. The van der Waals surface area contributed by atoms with Gasteiger partial charge in [0.2, 0.25) is 0 Å². The van der Waals surface area contributed by atoms with Crippen LogP contribution in [0.25, 0.3) is 0 Å². The van der Waals surface area contributed by atoms with Crippen molar-refractivity contribution in [3.05, 3.63) is 35.4 Å². The lowest BCUT2D eigenvalue weighted by Crippen LogP contribution is -2.31. The maximum absolute atomic E-state index is 11.9. The van der Waals surface area contributed by atoms with Crippen LogP contribution in [0.1, 0.15) is 18.1 Å². The van der Waals surface area contributed by atoms with E-state index in [2.05, 4.69) is 5.10 Å². The number of nitrogens with zero attached hydrogens (tertiary/aromatic N) is 2. The van der Waals surface area contributed by atoms with Crippen LogP contribution in [0.5, 0.6) is 0 Å². The van der Waals surface area contributed by atoms with Gasteiger partial charge in [-0.2, -0.15) is 5.10 Å². The smallest absolute Gasteiger partial charge is 0.253 e. The molecule has 0 saturated carbocycles. The fraction of sp³-hybridized carbons (Fsp3) is 0.385. The molecular weight excluding hydrogens is 214 g/mol. The van der Waals surface area contributed by atoms with Gasteiger partial charge in [-0.25, -0.2) is 5.01 Å². The number of carbonyl (C=O) groups excluding carboxylic acids is 1. The molecule has 0 saturated heterocycles. The Morgan fingerprint density at radius 1 is 1.29 bits per heavy atom. The lowest BCUT2D eigenvalue weighted by atomic mass is 10.1. The molecule has 1 heterocycles. The van der Waals surface area contributed by atoms with Gasteiger partial charge in [-0.05, 0) is 19.4 Å². The monoisotopic (exact) mass is 231 g/mol. The van der Waals surface area contributed by atoms with Crippen LogP contribution < -0.4 is 5.73 Å². The minimum atomic E-state index is -0.236. The number of aryl methyl sites for hydroxylation is 1. The Kier molecular flexibility index (Phi) is 3.24. The molecule has 0 fully saturated rings. The van der Waals surface area contributed by atoms with E-state index in [1.807, 2.05) is 38.1 Å². The van der Waals surface area contributed by atoms with E-state index in [-0.39, 0.29) is 11.8 Å². The van der Waals surface area contributed by atoms with Gasteiger partial charge in [0.25, 0.3) is 5.91 Å². The molecule has 2 rings (SSSR count). The highest BCUT2D eigenvalue weighted by atomic mass is 16.2. The van der Waals surface area contributed by atoms with Crippen molar-refractivity contribution in [1.82, 2.24) is 5.01 Å². The third-order valence-corrected chi connectivity index (χ3v) is 3.02. The second-order valence-corrected chi connectivity index (χ2v) is 4.41. The molecule has 4 heteroatoms. The van der Waals surface area contributed by atoms with Gasteiger partial charge >= 0.3 is 0 Å². The molecule has 0 bridgehead atoms. The normalized spacial score (nSPS) is 19.7. The number of amides is 1. The first-order valence-corrected chi connectivity index (χ1v) is 5.74. The second-order valence-electron chi connectivity index (χ2n) is 4.41. The summed E-state index contributed by atoms with van der Waals surface area (Å²) in [5.74, 6) is -0.231.